The van der Waals surface area contributed by atoms with Gasteiger partial charge in [-0.05, 0) is 29.8 Å². The normalized spacial score (nSPS) is 16.4. The van der Waals surface area contributed by atoms with Gasteiger partial charge in [0.25, 0.3) is 11.5 Å². The van der Waals surface area contributed by atoms with Crippen LogP contribution in [0.25, 0.3) is 10.9 Å². The lowest BCUT2D eigenvalue weighted by Gasteiger charge is -2.31. The summed E-state index contributed by atoms with van der Waals surface area (Å²) in [6, 6.07) is 6.42. The standard InChI is InChI=1S/C24H26F2N4O7S/c1-35-19-11-14(3-4-16(19)25)12-27-24(32)22-28-18-6-5-17(26)21(20(18)23(31)29-22)37-9-7-15-13-30(8-10-36-15)38(2,33)34/h3-6,11,15H,7-10,12-13H2,1-2H3,(H,27,32)(H,28,29,31). The van der Waals surface area contributed by atoms with Crippen molar-refractivity contribution in [2.45, 2.75) is 19.1 Å². The molecule has 1 unspecified atom stereocenters. The van der Waals surface area contributed by atoms with Crippen molar-refractivity contribution in [3.8, 4) is 11.5 Å². The van der Waals surface area contributed by atoms with Crippen LogP contribution in [0.4, 0.5) is 8.78 Å². The van der Waals surface area contributed by atoms with Gasteiger partial charge in [0.2, 0.25) is 10.0 Å². The van der Waals surface area contributed by atoms with E-state index in [-0.39, 0.29) is 67.5 Å². The first-order valence-electron chi connectivity index (χ1n) is 11.6. The SMILES string of the molecule is COc1cc(CNC(=O)c2nc3ccc(F)c(OCCC4CN(S(C)(=O)=O)CCO4)c3c(=O)[nH]2)ccc1F. The van der Waals surface area contributed by atoms with E-state index in [2.05, 4.69) is 15.3 Å². The van der Waals surface area contributed by atoms with Crippen molar-refractivity contribution in [3.05, 3.63) is 63.7 Å². The minimum Gasteiger partial charge on any atom is -0.494 e. The zero-order valence-corrected chi connectivity index (χ0v) is 21.4. The number of morpholine rings is 1. The van der Waals surface area contributed by atoms with E-state index < -0.39 is 39.2 Å². The van der Waals surface area contributed by atoms with Gasteiger partial charge in [-0.1, -0.05) is 6.07 Å². The van der Waals surface area contributed by atoms with Crippen LogP contribution < -0.4 is 20.3 Å². The fourth-order valence-electron chi connectivity index (χ4n) is 3.97. The highest BCUT2D eigenvalue weighted by Crippen LogP contribution is 2.26. The van der Waals surface area contributed by atoms with Gasteiger partial charge in [0, 0.05) is 26.1 Å². The maximum Gasteiger partial charge on any atom is 0.287 e. The summed E-state index contributed by atoms with van der Waals surface area (Å²) in [5, 5.41) is 2.40. The molecule has 0 radical (unpaired) electrons. The highest BCUT2D eigenvalue weighted by molar-refractivity contribution is 7.88. The fourth-order valence-corrected chi connectivity index (χ4v) is 4.81. The molecule has 14 heteroatoms. The Morgan fingerprint density at radius 3 is 2.76 bits per heavy atom. The Kier molecular flexibility index (Phi) is 8.23. The third kappa shape index (κ3) is 6.26. The number of methoxy groups -OCH3 is 1. The van der Waals surface area contributed by atoms with E-state index in [1.54, 1.807) is 0 Å². The summed E-state index contributed by atoms with van der Waals surface area (Å²) >= 11 is 0. The molecule has 1 aromatic heterocycles. The van der Waals surface area contributed by atoms with Gasteiger partial charge < -0.3 is 24.5 Å². The van der Waals surface area contributed by atoms with E-state index in [9.17, 15) is 26.8 Å². The quantitative estimate of drug-likeness (QED) is 0.408. The Balaban J connectivity index is 1.46. The number of carbonyl (C=O) groups is 1. The van der Waals surface area contributed by atoms with Crippen LogP contribution in [0.1, 0.15) is 22.6 Å². The number of hydrogen-bond donors (Lipinski definition) is 2. The van der Waals surface area contributed by atoms with Crippen LogP contribution in [0.5, 0.6) is 11.5 Å². The Bertz CT molecular complexity index is 1510. The van der Waals surface area contributed by atoms with Crippen LogP contribution in [-0.2, 0) is 21.3 Å². The zero-order valence-electron chi connectivity index (χ0n) is 20.6. The van der Waals surface area contributed by atoms with Crippen molar-refractivity contribution in [3.63, 3.8) is 0 Å². The molecule has 1 atom stereocenters. The van der Waals surface area contributed by atoms with Crippen molar-refractivity contribution in [1.82, 2.24) is 19.6 Å². The third-order valence-electron chi connectivity index (χ3n) is 5.92. The minimum atomic E-state index is -3.37. The Morgan fingerprint density at radius 2 is 2.03 bits per heavy atom. The van der Waals surface area contributed by atoms with Crippen LogP contribution in [0.2, 0.25) is 0 Å². The van der Waals surface area contributed by atoms with E-state index in [0.717, 1.165) is 12.3 Å². The number of nitrogens with one attached hydrogen (secondary N) is 2. The number of rotatable bonds is 9. The van der Waals surface area contributed by atoms with Crippen molar-refractivity contribution in [1.29, 1.82) is 0 Å². The predicted octanol–water partition coefficient (Wildman–Crippen LogP) is 1.57. The zero-order chi connectivity index (χ0) is 27.4. The van der Waals surface area contributed by atoms with Gasteiger partial charge in [0.1, 0.15) is 5.39 Å². The van der Waals surface area contributed by atoms with Crippen LogP contribution in [0.3, 0.4) is 0 Å². The molecule has 1 aliphatic heterocycles. The summed E-state index contributed by atoms with van der Waals surface area (Å²) in [6.07, 6.45) is 0.914. The number of benzene rings is 2. The number of H-pyrrole nitrogens is 1. The summed E-state index contributed by atoms with van der Waals surface area (Å²) in [5.74, 6) is -2.66. The molecule has 2 heterocycles. The van der Waals surface area contributed by atoms with E-state index >= 15 is 0 Å². The second-order valence-corrected chi connectivity index (χ2v) is 10.6. The third-order valence-corrected chi connectivity index (χ3v) is 7.19. The minimum absolute atomic E-state index is 0.00893. The van der Waals surface area contributed by atoms with Crippen molar-refractivity contribution in [2.24, 2.45) is 0 Å². The van der Waals surface area contributed by atoms with Crippen LogP contribution in [-0.4, -0.2) is 74.4 Å². The predicted molar refractivity (Wildman–Crippen MR) is 133 cm³/mol. The molecule has 2 N–H and O–H groups in total. The Hall–Kier alpha value is -3.62. The summed E-state index contributed by atoms with van der Waals surface area (Å²) in [5.41, 5.74) is -0.190. The molecule has 1 fully saturated rings. The molecule has 204 valence electrons. The lowest BCUT2D eigenvalue weighted by molar-refractivity contribution is -0.0115. The molecular formula is C24H26F2N4O7S. The number of carbonyl (C=O) groups excluding carboxylic acids is 1. The molecule has 4 rings (SSSR count). The molecule has 0 bridgehead atoms. The molecule has 0 aliphatic carbocycles. The van der Waals surface area contributed by atoms with Gasteiger partial charge >= 0.3 is 0 Å². The molecule has 1 amide bonds. The van der Waals surface area contributed by atoms with Crippen LogP contribution in [0.15, 0.2) is 35.1 Å². The number of amides is 1. The molecular weight excluding hydrogens is 526 g/mol. The van der Waals surface area contributed by atoms with E-state index in [1.807, 2.05) is 0 Å². The highest BCUT2D eigenvalue weighted by Gasteiger charge is 2.27. The lowest BCUT2D eigenvalue weighted by atomic mass is 10.2. The first kappa shape index (κ1) is 27.4. The number of fused-ring (bicyclic) bond motifs is 1. The smallest absolute Gasteiger partial charge is 0.287 e. The number of sulfonamides is 1. The summed E-state index contributed by atoms with van der Waals surface area (Å²) in [6.45, 7) is 0.578. The number of aromatic amines is 1. The van der Waals surface area contributed by atoms with Crippen LogP contribution >= 0.6 is 0 Å². The van der Waals surface area contributed by atoms with Crippen molar-refractivity contribution >= 4 is 26.8 Å². The Labute approximate surface area is 216 Å². The number of ether oxygens (including phenoxy) is 3. The molecule has 0 spiro atoms. The number of halogens is 2. The second-order valence-electron chi connectivity index (χ2n) is 8.59. The molecule has 1 saturated heterocycles. The Morgan fingerprint density at radius 1 is 1.26 bits per heavy atom. The molecule has 3 aromatic rings. The van der Waals surface area contributed by atoms with Gasteiger partial charge in [0.15, 0.2) is 29.0 Å². The molecule has 2 aromatic carbocycles. The fraction of sp³-hybridized carbons (Fsp3) is 0.375. The molecule has 0 saturated carbocycles. The average molecular weight is 553 g/mol. The van der Waals surface area contributed by atoms with Gasteiger partial charge in [-0.25, -0.2) is 22.2 Å². The lowest BCUT2D eigenvalue weighted by Crippen LogP contribution is -2.45. The average Bonchev–Trinajstić information content (AvgIpc) is 2.88. The monoisotopic (exact) mass is 552 g/mol. The molecule has 38 heavy (non-hydrogen) atoms. The summed E-state index contributed by atoms with van der Waals surface area (Å²) in [7, 11) is -2.05. The van der Waals surface area contributed by atoms with Gasteiger partial charge in [-0.3, -0.25) is 9.59 Å². The largest absolute Gasteiger partial charge is 0.494 e. The molecule has 1 aliphatic rings. The summed E-state index contributed by atoms with van der Waals surface area (Å²) in [4.78, 5) is 31.9. The topological polar surface area (TPSA) is 140 Å². The summed E-state index contributed by atoms with van der Waals surface area (Å²) < 4.78 is 69.1. The first-order valence-corrected chi connectivity index (χ1v) is 13.4. The second kappa shape index (κ2) is 11.4. The van der Waals surface area contributed by atoms with E-state index in [0.29, 0.717) is 5.56 Å². The van der Waals surface area contributed by atoms with Gasteiger partial charge in [0.05, 0.1) is 38.2 Å². The maximum atomic E-state index is 14.6. The first-order chi connectivity index (χ1) is 18.1. The van der Waals surface area contributed by atoms with Crippen molar-refractivity contribution in [2.75, 3.05) is 39.7 Å². The van der Waals surface area contributed by atoms with Crippen LogP contribution in [0, 0.1) is 11.6 Å². The maximum absolute atomic E-state index is 14.6. The van der Waals surface area contributed by atoms with Crippen molar-refractivity contribution < 1.29 is 36.2 Å². The van der Waals surface area contributed by atoms with Gasteiger partial charge in [-0.2, -0.15) is 4.31 Å². The molecule has 11 nitrogen and oxygen atoms in total. The number of hydrogen-bond acceptors (Lipinski definition) is 8. The van der Waals surface area contributed by atoms with Gasteiger partial charge in [-0.15, -0.1) is 0 Å². The van der Waals surface area contributed by atoms with E-state index in [4.69, 9.17) is 14.2 Å². The van der Waals surface area contributed by atoms with E-state index in [1.165, 1.54) is 35.7 Å². The highest BCUT2D eigenvalue weighted by atomic mass is 32.2. The number of aromatic nitrogens is 2. The number of nitrogens with zero attached hydrogens (tertiary/aromatic N) is 2.